The van der Waals surface area contributed by atoms with Crippen LogP contribution in [0.4, 0.5) is 11.4 Å². The van der Waals surface area contributed by atoms with Crippen molar-refractivity contribution in [3.63, 3.8) is 0 Å². The first-order valence-electron chi connectivity index (χ1n) is 10.6. The molecule has 1 atom stereocenters. The molecule has 30 heavy (non-hydrogen) atoms. The molecule has 0 radical (unpaired) electrons. The first-order valence-corrected chi connectivity index (χ1v) is 12.1. The molecule has 0 aliphatic carbocycles. The largest absolute Gasteiger partial charge is 0.375 e. The molecule has 0 bridgehead atoms. The molecule has 1 fully saturated rings. The summed E-state index contributed by atoms with van der Waals surface area (Å²) in [4.78, 5) is 8.32. The molecule has 160 valence electrons. The van der Waals surface area contributed by atoms with Crippen LogP contribution in [0.15, 0.2) is 59.5 Å². The Hall–Kier alpha value is -1.60. The lowest BCUT2D eigenvalue weighted by Gasteiger charge is -2.27. The van der Waals surface area contributed by atoms with Gasteiger partial charge in [-0.1, -0.05) is 42.1 Å². The number of benzene rings is 2. The Balaban J connectivity index is 1.36. The highest BCUT2D eigenvalue weighted by Gasteiger charge is 2.47. The number of rotatable bonds is 9. The molecule has 2 aromatic carbocycles. The van der Waals surface area contributed by atoms with Gasteiger partial charge < -0.3 is 19.4 Å². The van der Waals surface area contributed by atoms with Gasteiger partial charge in [0, 0.05) is 43.0 Å². The SMILES string of the molecule is CN(CCS)CCCN(C)c1ccc(/C=C/C23OCCN2c2ccccc2S3)cc1. The number of fused-ring (bicyclic) bond motifs is 3. The van der Waals surface area contributed by atoms with Crippen LogP contribution in [0, 0.1) is 0 Å². The highest BCUT2D eigenvalue weighted by molar-refractivity contribution is 8.01. The van der Waals surface area contributed by atoms with Crippen molar-refractivity contribution in [1.82, 2.24) is 4.90 Å². The van der Waals surface area contributed by atoms with Gasteiger partial charge in [-0.2, -0.15) is 12.6 Å². The average Bonchev–Trinajstić information content (AvgIpc) is 3.29. The Morgan fingerprint density at radius 2 is 1.90 bits per heavy atom. The number of anilines is 2. The van der Waals surface area contributed by atoms with Crippen LogP contribution in [0.5, 0.6) is 0 Å². The topological polar surface area (TPSA) is 19.0 Å². The molecule has 0 amide bonds. The molecule has 0 spiro atoms. The Morgan fingerprint density at radius 1 is 1.10 bits per heavy atom. The van der Waals surface area contributed by atoms with E-state index in [0.717, 1.165) is 45.0 Å². The third-order valence-electron chi connectivity index (χ3n) is 5.75. The molecular weight excluding hydrogens is 410 g/mol. The lowest BCUT2D eigenvalue weighted by atomic mass is 10.1. The minimum Gasteiger partial charge on any atom is -0.375 e. The smallest absolute Gasteiger partial charge is 0.214 e. The fraction of sp³-hybridized carbons (Fsp3) is 0.417. The van der Waals surface area contributed by atoms with Gasteiger partial charge in [0.25, 0.3) is 0 Å². The maximum absolute atomic E-state index is 6.20. The average molecular weight is 442 g/mol. The summed E-state index contributed by atoms with van der Waals surface area (Å²) in [7, 11) is 4.33. The maximum atomic E-state index is 6.20. The van der Waals surface area contributed by atoms with Crippen LogP contribution in [0.25, 0.3) is 6.08 Å². The van der Waals surface area contributed by atoms with E-state index in [0.29, 0.717) is 0 Å². The Labute approximate surface area is 190 Å². The number of hydrogen-bond acceptors (Lipinski definition) is 6. The molecule has 2 aliphatic rings. The second-order valence-electron chi connectivity index (χ2n) is 7.93. The zero-order chi connectivity index (χ0) is 21.0. The zero-order valence-electron chi connectivity index (χ0n) is 17.8. The van der Waals surface area contributed by atoms with Crippen molar-refractivity contribution in [1.29, 1.82) is 0 Å². The summed E-state index contributed by atoms with van der Waals surface area (Å²) in [5, 5.41) is -0.405. The standard InChI is InChI=1S/C24H31N3OS2/c1-25(17-19-29)14-5-15-26(2)21-10-8-20(9-11-21)12-13-24-27(16-18-28-24)22-6-3-4-7-23(22)30-24/h3-4,6-13,29H,5,14-19H2,1-2H3/b13-12+. The van der Waals surface area contributed by atoms with E-state index in [1.807, 2.05) is 0 Å². The van der Waals surface area contributed by atoms with E-state index in [1.165, 1.54) is 21.8 Å². The molecule has 2 heterocycles. The second kappa shape index (κ2) is 9.69. The Morgan fingerprint density at radius 3 is 2.70 bits per heavy atom. The summed E-state index contributed by atoms with van der Waals surface area (Å²) < 4.78 is 6.20. The van der Waals surface area contributed by atoms with E-state index >= 15 is 0 Å². The van der Waals surface area contributed by atoms with Crippen molar-refractivity contribution in [2.24, 2.45) is 0 Å². The number of para-hydroxylation sites is 1. The molecule has 0 N–H and O–H groups in total. The molecule has 6 heteroatoms. The van der Waals surface area contributed by atoms with Crippen LogP contribution in [0.3, 0.4) is 0 Å². The number of nitrogens with zero attached hydrogens (tertiary/aromatic N) is 3. The summed E-state index contributed by atoms with van der Waals surface area (Å²) >= 11 is 6.09. The van der Waals surface area contributed by atoms with Crippen molar-refractivity contribution >= 4 is 41.8 Å². The number of ether oxygens (including phenoxy) is 1. The molecule has 4 nitrogen and oxygen atoms in total. The fourth-order valence-electron chi connectivity index (χ4n) is 4.02. The third kappa shape index (κ3) is 4.67. The van der Waals surface area contributed by atoms with Crippen LogP contribution in [-0.2, 0) is 4.74 Å². The van der Waals surface area contributed by atoms with Crippen LogP contribution >= 0.6 is 24.4 Å². The second-order valence-corrected chi connectivity index (χ2v) is 9.60. The van der Waals surface area contributed by atoms with Gasteiger partial charge in [0.05, 0.1) is 12.3 Å². The monoisotopic (exact) mass is 441 g/mol. The summed E-state index contributed by atoms with van der Waals surface area (Å²) in [6.45, 7) is 4.89. The van der Waals surface area contributed by atoms with Gasteiger partial charge in [0.1, 0.15) is 0 Å². The van der Waals surface area contributed by atoms with Crippen LogP contribution in [-0.4, -0.2) is 62.6 Å². The van der Waals surface area contributed by atoms with Crippen LogP contribution in [0.1, 0.15) is 12.0 Å². The number of thiol groups is 1. The lowest BCUT2D eigenvalue weighted by Crippen LogP contribution is -2.36. The van der Waals surface area contributed by atoms with E-state index in [9.17, 15) is 0 Å². The highest BCUT2D eigenvalue weighted by atomic mass is 32.2. The summed E-state index contributed by atoms with van der Waals surface area (Å²) in [6.07, 6.45) is 5.55. The predicted octanol–water partition coefficient (Wildman–Crippen LogP) is 4.68. The van der Waals surface area contributed by atoms with Crippen LogP contribution < -0.4 is 9.80 Å². The number of hydrogen-bond donors (Lipinski definition) is 1. The summed E-state index contributed by atoms with van der Waals surface area (Å²) in [5.74, 6) is 0.913. The van der Waals surface area contributed by atoms with Gasteiger partial charge in [0.2, 0.25) is 5.06 Å². The molecule has 2 aliphatic heterocycles. The van der Waals surface area contributed by atoms with Gasteiger partial charge in [-0.05, 0) is 55.9 Å². The minimum atomic E-state index is -0.405. The van der Waals surface area contributed by atoms with Crippen LogP contribution in [0.2, 0.25) is 0 Å². The molecule has 0 saturated carbocycles. The first-order chi connectivity index (χ1) is 14.6. The van der Waals surface area contributed by atoms with Gasteiger partial charge in [-0.15, -0.1) is 0 Å². The summed E-state index contributed by atoms with van der Waals surface area (Å²) in [5.41, 5.74) is 3.73. The zero-order valence-corrected chi connectivity index (χ0v) is 19.5. The summed E-state index contributed by atoms with van der Waals surface area (Å²) in [6, 6.07) is 17.4. The molecule has 1 saturated heterocycles. The highest BCUT2D eigenvalue weighted by Crippen LogP contribution is 2.53. The normalized spacial score (nSPS) is 20.2. The van der Waals surface area contributed by atoms with Crippen molar-refractivity contribution < 1.29 is 4.74 Å². The van der Waals surface area contributed by atoms with E-state index < -0.39 is 5.06 Å². The lowest BCUT2D eigenvalue weighted by molar-refractivity contribution is 0.123. The van der Waals surface area contributed by atoms with E-state index in [-0.39, 0.29) is 0 Å². The molecule has 2 aromatic rings. The van der Waals surface area contributed by atoms with Gasteiger partial charge in [-0.3, -0.25) is 0 Å². The van der Waals surface area contributed by atoms with Crippen molar-refractivity contribution in [2.45, 2.75) is 16.4 Å². The van der Waals surface area contributed by atoms with Crippen molar-refractivity contribution in [2.75, 3.05) is 62.4 Å². The first kappa shape index (κ1) is 21.6. The van der Waals surface area contributed by atoms with E-state index in [2.05, 4.69) is 102 Å². The third-order valence-corrected chi connectivity index (χ3v) is 7.28. The molecule has 0 aromatic heterocycles. The maximum Gasteiger partial charge on any atom is 0.214 e. The Kier molecular flexibility index (Phi) is 6.98. The molecule has 1 unspecified atom stereocenters. The van der Waals surface area contributed by atoms with Gasteiger partial charge in [-0.25, -0.2) is 0 Å². The van der Waals surface area contributed by atoms with Crippen molar-refractivity contribution in [3.05, 3.63) is 60.2 Å². The van der Waals surface area contributed by atoms with Crippen molar-refractivity contribution in [3.8, 4) is 0 Å². The quantitative estimate of drug-likeness (QED) is 0.568. The van der Waals surface area contributed by atoms with E-state index in [4.69, 9.17) is 4.74 Å². The molecular formula is C24H31N3OS2. The number of thioether (sulfide) groups is 1. The molecule has 4 rings (SSSR count). The Bertz CT molecular complexity index is 873. The van der Waals surface area contributed by atoms with Gasteiger partial charge >= 0.3 is 0 Å². The predicted molar refractivity (Wildman–Crippen MR) is 133 cm³/mol. The fourth-order valence-corrected chi connectivity index (χ4v) is 5.68. The van der Waals surface area contributed by atoms with Gasteiger partial charge in [0.15, 0.2) is 0 Å². The van der Waals surface area contributed by atoms with E-state index in [1.54, 1.807) is 11.8 Å². The minimum absolute atomic E-state index is 0.405.